The van der Waals surface area contributed by atoms with Gasteiger partial charge in [0.2, 0.25) is 0 Å². The molecule has 0 aliphatic carbocycles. The van der Waals surface area contributed by atoms with Crippen LogP contribution in [0.1, 0.15) is 91.9 Å². The normalized spacial score (nSPS) is 13.1. The van der Waals surface area contributed by atoms with Gasteiger partial charge in [-0.2, -0.15) is 0 Å². The first-order valence-electron chi connectivity index (χ1n) is 11.0. The predicted molar refractivity (Wildman–Crippen MR) is 116 cm³/mol. The van der Waals surface area contributed by atoms with Gasteiger partial charge in [-0.3, -0.25) is 9.59 Å². The summed E-state index contributed by atoms with van der Waals surface area (Å²) in [6, 6.07) is 0. The lowest BCUT2D eigenvalue weighted by atomic mass is 9.99. The van der Waals surface area contributed by atoms with Gasteiger partial charge in [0.15, 0.2) is 0 Å². The minimum absolute atomic E-state index is 0.263. The van der Waals surface area contributed by atoms with Gasteiger partial charge in [-0.25, -0.2) is 0 Å². The van der Waals surface area contributed by atoms with Crippen molar-refractivity contribution in [2.24, 2.45) is 35.1 Å². The maximum atomic E-state index is 10.6. The number of rotatable bonds is 16. The molecular weight excluding hydrogens is 356 g/mol. The van der Waals surface area contributed by atoms with Crippen LogP contribution in [0.3, 0.4) is 0 Å². The predicted octanol–water partition coefficient (Wildman–Crippen LogP) is 4.50. The van der Waals surface area contributed by atoms with Crippen LogP contribution in [0, 0.1) is 23.7 Å². The Morgan fingerprint density at radius 1 is 0.607 bits per heavy atom. The van der Waals surface area contributed by atoms with Crippen LogP contribution in [-0.4, -0.2) is 35.2 Å². The standard InChI is InChI=1S/2C11H23NO2/c2*1-9(2)6-4-3-5-7-10(8-12)11(13)14/h2*9-10H,3-8,12H2,1-2H3,(H,13,14). The highest BCUT2D eigenvalue weighted by Crippen LogP contribution is 2.14. The number of hydrogen-bond donors (Lipinski definition) is 4. The lowest BCUT2D eigenvalue weighted by molar-refractivity contribution is -0.142. The third-order valence-electron chi connectivity index (χ3n) is 4.94. The molecule has 2 unspecified atom stereocenters. The van der Waals surface area contributed by atoms with Crippen molar-refractivity contribution >= 4 is 11.9 Å². The largest absolute Gasteiger partial charge is 0.481 e. The molecule has 6 nitrogen and oxygen atoms in total. The van der Waals surface area contributed by atoms with Gasteiger partial charge in [0.25, 0.3) is 0 Å². The zero-order valence-corrected chi connectivity index (χ0v) is 18.7. The zero-order valence-electron chi connectivity index (χ0n) is 18.7. The van der Waals surface area contributed by atoms with Crippen molar-refractivity contribution in [2.45, 2.75) is 91.9 Å². The molecule has 0 aromatic heterocycles. The summed E-state index contributed by atoms with van der Waals surface area (Å²) in [7, 11) is 0. The molecule has 2 atom stereocenters. The van der Waals surface area contributed by atoms with Gasteiger partial charge in [-0.1, -0.05) is 79.1 Å². The van der Waals surface area contributed by atoms with Crippen LogP contribution in [0.2, 0.25) is 0 Å². The Bertz CT molecular complexity index is 351. The average molecular weight is 403 g/mol. The highest BCUT2D eigenvalue weighted by atomic mass is 16.4. The second kappa shape index (κ2) is 19.2. The van der Waals surface area contributed by atoms with Gasteiger partial charge < -0.3 is 21.7 Å². The second-order valence-corrected chi connectivity index (χ2v) is 8.61. The van der Waals surface area contributed by atoms with Gasteiger partial charge in [0.05, 0.1) is 11.8 Å². The Balaban J connectivity index is 0. The van der Waals surface area contributed by atoms with Crippen molar-refractivity contribution in [1.82, 2.24) is 0 Å². The fraction of sp³-hybridized carbons (Fsp3) is 0.909. The van der Waals surface area contributed by atoms with E-state index < -0.39 is 11.9 Å². The van der Waals surface area contributed by atoms with E-state index in [9.17, 15) is 9.59 Å². The van der Waals surface area contributed by atoms with Crippen LogP contribution in [0.5, 0.6) is 0 Å². The molecule has 6 heteroatoms. The zero-order chi connectivity index (χ0) is 21.9. The van der Waals surface area contributed by atoms with Crippen molar-refractivity contribution in [3.63, 3.8) is 0 Å². The summed E-state index contributed by atoms with van der Waals surface area (Å²) in [6.07, 6.45) is 10.6. The number of carbonyl (C=O) groups is 2. The van der Waals surface area contributed by atoms with Crippen LogP contribution in [0.15, 0.2) is 0 Å². The molecule has 0 aliphatic rings. The van der Waals surface area contributed by atoms with Crippen molar-refractivity contribution in [1.29, 1.82) is 0 Å². The van der Waals surface area contributed by atoms with Gasteiger partial charge in [-0.05, 0) is 24.7 Å². The van der Waals surface area contributed by atoms with E-state index in [1.165, 1.54) is 25.7 Å². The molecule has 0 aromatic rings. The highest BCUT2D eigenvalue weighted by molar-refractivity contribution is 5.70. The monoisotopic (exact) mass is 402 g/mol. The Hall–Kier alpha value is -1.14. The van der Waals surface area contributed by atoms with Crippen molar-refractivity contribution in [3.05, 3.63) is 0 Å². The summed E-state index contributed by atoms with van der Waals surface area (Å²) in [5.41, 5.74) is 10.7. The summed E-state index contributed by atoms with van der Waals surface area (Å²) < 4.78 is 0. The Morgan fingerprint density at radius 3 is 1.11 bits per heavy atom. The fourth-order valence-corrected chi connectivity index (χ4v) is 2.92. The number of nitrogens with two attached hydrogens (primary N) is 2. The van der Waals surface area contributed by atoms with Gasteiger partial charge in [0.1, 0.15) is 0 Å². The van der Waals surface area contributed by atoms with Crippen molar-refractivity contribution in [3.8, 4) is 0 Å². The highest BCUT2D eigenvalue weighted by Gasteiger charge is 2.14. The molecule has 0 saturated carbocycles. The fourth-order valence-electron chi connectivity index (χ4n) is 2.92. The summed E-state index contributed by atoms with van der Waals surface area (Å²) in [5.74, 6) is -0.685. The minimum atomic E-state index is -0.753. The molecule has 0 amide bonds. The second-order valence-electron chi connectivity index (χ2n) is 8.61. The summed E-state index contributed by atoms with van der Waals surface area (Å²) in [5, 5.41) is 17.5. The minimum Gasteiger partial charge on any atom is -0.481 e. The number of hydrogen-bond acceptors (Lipinski definition) is 4. The van der Waals surface area contributed by atoms with E-state index in [2.05, 4.69) is 27.7 Å². The average Bonchev–Trinajstić information content (AvgIpc) is 2.60. The van der Waals surface area contributed by atoms with E-state index in [1.54, 1.807) is 0 Å². The van der Waals surface area contributed by atoms with E-state index >= 15 is 0 Å². The first-order valence-corrected chi connectivity index (χ1v) is 11.0. The third-order valence-corrected chi connectivity index (χ3v) is 4.94. The molecule has 6 N–H and O–H groups in total. The van der Waals surface area contributed by atoms with Crippen LogP contribution >= 0.6 is 0 Å². The molecule has 0 fully saturated rings. The summed E-state index contributed by atoms with van der Waals surface area (Å²) in [4.78, 5) is 21.2. The molecule has 0 rings (SSSR count). The number of carboxylic acids is 2. The van der Waals surface area contributed by atoms with Gasteiger partial charge in [0, 0.05) is 13.1 Å². The van der Waals surface area contributed by atoms with Crippen LogP contribution < -0.4 is 11.5 Å². The first-order chi connectivity index (χ1) is 13.1. The molecule has 0 radical (unpaired) electrons. The maximum Gasteiger partial charge on any atom is 0.307 e. The quantitative estimate of drug-likeness (QED) is 0.281. The van der Waals surface area contributed by atoms with E-state index in [1.807, 2.05) is 0 Å². The number of carboxylic acid groups (broad SMARTS) is 2. The van der Waals surface area contributed by atoms with E-state index in [0.717, 1.165) is 50.4 Å². The molecule has 0 spiro atoms. The Kier molecular flexibility index (Phi) is 19.9. The van der Waals surface area contributed by atoms with Crippen LogP contribution in [0.4, 0.5) is 0 Å². The lowest BCUT2D eigenvalue weighted by Gasteiger charge is -2.09. The lowest BCUT2D eigenvalue weighted by Crippen LogP contribution is -2.23. The van der Waals surface area contributed by atoms with E-state index in [-0.39, 0.29) is 24.9 Å². The van der Waals surface area contributed by atoms with Crippen molar-refractivity contribution in [2.75, 3.05) is 13.1 Å². The third kappa shape index (κ3) is 19.6. The molecule has 0 aromatic carbocycles. The molecule has 168 valence electrons. The van der Waals surface area contributed by atoms with Crippen molar-refractivity contribution < 1.29 is 19.8 Å². The van der Waals surface area contributed by atoms with Crippen LogP contribution in [0.25, 0.3) is 0 Å². The molecule has 0 aliphatic heterocycles. The number of aliphatic carboxylic acids is 2. The SMILES string of the molecule is CC(C)CCCCCC(CN)C(=O)O.CC(C)CCCCCC(CN)C(=O)O. The molecule has 0 saturated heterocycles. The summed E-state index contributed by atoms with van der Waals surface area (Å²) >= 11 is 0. The molecule has 0 heterocycles. The summed E-state index contributed by atoms with van der Waals surface area (Å²) in [6.45, 7) is 9.36. The topological polar surface area (TPSA) is 127 Å². The maximum absolute atomic E-state index is 10.6. The molecule has 0 bridgehead atoms. The molecular formula is C22H46N2O4. The van der Waals surface area contributed by atoms with E-state index in [0.29, 0.717) is 0 Å². The first kappa shape index (κ1) is 29.1. The van der Waals surface area contributed by atoms with Crippen LogP contribution in [-0.2, 0) is 9.59 Å². The Labute approximate surface area is 172 Å². The number of unbranched alkanes of at least 4 members (excludes halogenated alkanes) is 4. The van der Waals surface area contributed by atoms with Gasteiger partial charge in [-0.15, -0.1) is 0 Å². The van der Waals surface area contributed by atoms with Gasteiger partial charge >= 0.3 is 11.9 Å². The van der Waals surface area contributed by atoms with E-state index in [4.69, 9.17) is 21.7 Å². The molecule has 28 heavy (non-hydrogen) atoms. The Morgan fingerprint density at radius 2 is 0.893 bits per heavy atom. The smallest absolute Gasteiger partial charge is 0.307 e.